The molecule has 3 aromatic heterocycles. The number of aromatic amines is 1. The average molecular weight is 378 g/mol. The lowest BCUT2D eigenvalue weighted by Crippen LogP contribution is -2.38. The fraction of sp³-hybridized carbons (Fsp3) is 0.350. The summed E-state index contributed by atoms with van der Waals surface area (Å²) in [6.07, 6.45) is 7.65. The SMILES string of the molecule is Cn1ccn2c(CN3CCC(Oc4cccc5[nH]ccc45)CC3)nnc2c1=O. The molecular weight excluding hydrogens is 356 g/mol. The first-order valence-electron chi connectivity index (χ1n) is 9.53. The van der Waals surface area contributed by atoms with E-state index in [2.05, 4.69) is 32.2 Å². The second-order valence-electron chi connectivity index (χ2n) is 7.31. The van der Waals surface area contributed by atoms with Crippen LogP contribution in [0.2, 0.25) is 0 Å². The fourth-order valence-electron chi connectivity index (χ4n) is 3.85. The minimum atomic E-state index is -0.132. The van der Waals surface area contributed by atoms with Gasteiger partial charge in [0.05, 0.1) is 6.54 Å². The molecule has 0 atom stereocenters. The van der Waals surface area contributed by atoms with Crippen LogP contribution in [0.1, 0.15) is 18.7 Å². The third kappa shape index (κ3) is 2.95. The lowest BCUT2D eigenvalue weighted by Gasteiger charge is -2.31. The first-order valence-corrected chi connectivity index (χ1v) is 9.53. The topological polar surface area (TPSA) is 80.5 Å². The lowest BCUT2D eigenvalue weighted by molar-refractivity contribution is 0.0963. The van der Waals surface area contributed by atoms with Gasteiger partial charge in [0.1, 0.15) is 11.9 Å². The number of rotatable bonds is 4. The van der Waals surface area contributed by atoms with Crippen LogP contribution in [0.4, 0.5) is 0 Å². The van der Waals surface area contributed by atoms with Crippen LogP contribution < -0.4 is 10.3 Å². The van der Waals surface area contributed by atoms with Gasteiger partial charge in [-0.15, -0.1) is 10.2 Å². The second-order valence-corrected chi connectivity index (χ2v) is 7.31. The molecule has 5 rings (SSSR count). The van der Waals surface area contributed by atoms with Gasteiger partial charge in [0.25, 0.3) is 5.56 Å². The highest BCUT2D eigenvalue weighted by Crippen LogP contribution is 2.27. The summed E-state index contributed by atoms with van der Waals surface area (Å²) in [5.41, 5.74) is 1.34. The molecule has 0 bridgehead atoms. The van der Waals surface area contributed by atoms with Crippen LogP contribution in [0.15, 0.2) is 47.7 Å². The van der Waals surface area contributed by atoms with Gasteiger partial charge in [0.15, 0.2) is 5.82 Å². The molecule has 0 radical (unpaired) electrons. The molecule has 144 valence electrons. The Labute approximate surface area is 161 Å². The van der Waals surface area contributed by atoms with Crippen LogP contribution in [-0.2, 0) is 13.6 Å². The van der Waals surface area contributed by atoms with E-state index in [1.807, 2.05) is 24.5 Å². The Balaban J connectivity index is 1.25. The molecule has 1 N–H and O–H groups in total. The number of benzene rings is 1. The number of aryl methyl sites for hydroxylation is 1. The number of hydrogen-bond acceptors (Lipinski definition) is 5. The van der Waals surface area contributed by atoms with Crippen molar-refractivity contribution < 1.29 is 4.74 Å². The van der Waals surface area contributed by atoms with E-state index in [4.69, 9.17) is 4.74 Å². The van der Waals surface area contributed by atoms with Gasteiger partial charge in [-0.2, -0.15) is 0 Å². The van der Waals surface area contributed by atoms with Gasteiger partial charge in [-0.3, -0.25) is 14.1 Å². The molecule has 0 spiro atoms. The predicted molar refractivity (Wildman–Crippen MR) is 105 cm³/mol. The number of hydrogen-bond donors (Lipinski definition) is 1. The zero-order chi connectivity index (χ0) is 19.1. The first-order chi connectivity index (χ1) is 13.7. The third-order valence-electron chi connectivity index (χ3n) is 5.47. The van der Waals surface area contributed by atoms with Gasteiger partial charge in [-0.05, 0) is 31.0 Å². The Morgan fingerprint density at radius 1 is 1.18 bits per heavy atom. The van der Waals surface area contributed by atoms with Crippen molar-refractivity contribution in [2.24, 2.45) is 7.05 Å². The van der Waals surface area contributed by atoms with E-state index < -0.39 is 0 Å². The van der Waals surface area contributed by atoms with E-state index in [1.54, 1.807) is 17.6 Å². The molecule has 0 aliphatic carbocycles. The maximum atomic E-state index is 12.1. The van der Waals surface area contributed by atoms with E-state index in [1.165, 1.54) is 4.57 Å². The number of nitrogens with zero attached hydrogens (tertiary/aromatic N) is 5. The van der Waals surface area contributed by atoms with Gasteiger partial charge < -0.3 is 14.3 Å². The summed E-state index contributed by atoms with van der Waals surface area (Å²) in [4.78, 5) is 17.7. The van der Waals surface area contributed by atoms with E-state index in [0.29, 0.717) is 12.2 Å². The minimum absolute atomic E-state index is 0.132. The summed E-state index contributed by atoms with van der Waals surface area (Å²) in [5.74, 6) is 1.74. The summed E-state index contributed by atoms with van der Waals surface area (Å²) in [7, 11) is 1.72. The summed E-state index contributed by atoms with van der Waals surface area (Å²) >= 11 is 0. The van der Waals surface area contributed by atoms with Crippen LogP contribution >= 0.6 is 0 Å². The Kier molecular flexibility index (Phi) is 4.12. The molecule has 1 aliphatic rings. The van der Waals surface area contributed by atoms with Gasteiger partial charge in [0.2, 0.25) is 5.65 Å². The molecule has 0 saturated carbocycles. The lowest BCUT2D eigenvalue weighted by atomic mass is 10.1. The van der Waals surface area contributed by atoms with Gasteiger partial charge in [-0.25, -0.2) is 0 Å². The van der Waals surface area contributed by atoms with Crippen LogP contribution in [-0.4, -0.2) is 48.2 Å². The van der Waals surface area contributed by atoms with Crippen molar-refractivity contribution in [3.8, 4) is 5.75 Å². The number of likely N-dealkylation sites (tertiary alicyclic amines) is 1. The van der Waals surface area contributed by atoms with E-state index >= 15 is 0 Å². The summed E-state index contributed by atoms with van der Waals surface area (Å²) < 4.78 is 9.59. The summed E-state index contributed by atoms with van der Waals surface area (Å²) in [6, 6.07) is 8.16. The summed E-state index contributed by atoms with van der Waals surface area (Å²) in [6.45, 7) is 2.52. The van der Waals surface area contributed by atoms with E-state index in [-0.39, 0.29) is 11.7 Å². The zero-order valence-electron chi connectivity index (χ0n) is 15.7. The monoisotopic (exact) mass is 378 g/mol. The highest BCUT2D eigenvalue weighted by Gasteiger charge is 2.23. The number of aromatic nitrogens is 5. The predicted octanol–water partition coefficient (Wildman–Crippen LogP) is 1.95. The van der Waals surface area contributed by atoms with E-state index in [9.17, 15) is 4.79 Å². The molecule has 8 heteroatoms. The number of fused-ring (bicyclic) bond motifs is 2. The van der Waals surface area contributed by atoms with Gasteiger partial charge >= 0.3 is 0 Å². The maximum absolute atomic E-state index is 12.1. The largest absolute Gasteiger partial charge is 0.490 e. The van der Waals surface area contributed by atoms with Crippen LogP contribution in [0.25, 0.3) is 16.6 Å². The van der Waals surface area contributed by atoms with Crippen molar-refractivity contribution >= 4 is 16.6 Å². The maximum Gasteiger partial charge on any atom is 0.295 e. The third-order valence-corrected chi connectivity index (χ3v) is 5.47. The number of nitrogens with one attached hydrogen (secondary N) is 1. The molecule has 4 heterocycles. The van der Waals surface area contributed by atoms with Gasteiger partial charge in [0, 0.05) is 49.6 Å². The standard InChI is InChI=1S/C20H22N6O2/c1-24-11-12-26-18(22-23-19(26)20(24)27)13-25-9-6-14(7-10-25)28-17-4-2-3-16-15(17)5-8-21-16/h2-5,8,11-12,14,21H,6-7,9-10,13H2,1H3. The van der Waals surface area contributed by atoms with E-state index in [0.717, 1.165) is 48.4 Å². The second kappa shape index (κ2) is 6.79. The molecule has 28 heavy (non-hydrogen) atoms. The fourth-order valence-corrected chi connectivity index (χ4v) is 3.85. The van der Waals surface area contributed by atoms with Crippen LogP contribution in [0.3, 0.4) is 0 Å². The molecule has 4 aromatic rings. The van der Waals surface area contributed by atoms with Crippen LogP contribution in [0.5, 0.6) is 5.75 Å². The summed E-state index contributed by atoms with van der Waals surface area (Å²) in [5, 5.41) is 9.42. The molecule has 1 aromatic carbocycles. The Hall–Kier alpha value is -3.13. The quantitative estimate of drug-likeness (QED) is 0.587. The number of piperidine rings is 1. The van der Waals surface area contributed by atoms with Crippen molar-refractivity contribution in [3.63, 3.8) is 0 Å². The Bertz CT molecular complexity index is 1180. The highest BCUT2D eigenvalue weighted by atomic mass is 16.5. The normalized spacial score (nSPS) is 16.2. The molecule has 1 saturated heterocycles. The first kappa shape index (κ1) is 17.0. The minimum Gasteiger partial charge on any atom is -0.490 e. The number of ether oxygens (including phenoxy) is 1. The van der Waals surface area contributed by atoms with Gasteiger partial charge in [-0.1, -0.05) is 6.07 Å². The Morgan fingerprint density at radius 2 is 2.04 bits per heavy atom. The molecular formula is C20H22N6O2. The van der Waals surface area contributed by atoms with Crippen molar-refractivity contribution in [2.75, 3.05) is 13.1 Å². The molecule has 0 amide bonds. The van der Waals surface area contributed by atoms with Crippen molar-refractivity contribution in [1.82, 2.24) is 29.0 Å². The van der Waals surface area contributed by atoms with Crippen molar-refractivity contribution in [2.45, 2.75) is 25.5 Å². The van der Waals surface area contributed by atoms with Crippen molar-refractivity contribution in [3.05, 3.63) is 59.0 Å². The number of H-pyrrole nitrogens is 1. The zero-order valence-corrected chi connectivity index (χ0v) is 15.7. The molecule has 8 nitrogen and oxygen atoms in total. The Morgan fingerprint density at radius 3 is 2.89 bits per heavy atom. The highest BCUT2D eigenvalue weighted by molar-refractivity contribution is 5.85. The molecule has 1 fully saturated rings. The van der Waals surface area contributed by atoms with Crippen molar-refractivity contribution in [1.29, 1.82) is 0 Å². The molecule has 0 unspecified atom stereocenters. The molecule has 1 aliphatic heterocycles. The average Bonchev–Trinajstić information content (AvgIpc) is 3.34. The smallest absolute Gasteiger partial charge is 0.295 e. The van der Waals surface area contributed by atoms with Crippen LogP contribution in [0, 0.1) is 0 Å².